The molecule has 7 heteroatoms. The molecule has 1 fully saturated rings. The van der Waals surface area contributed by atoms with Gasteiger partial charge in [0.15, 0.2) is 0 Å². The molecule has 1 aliphatic rings. The van der Waals surface area contributed by atoms with Crippen molar-refractivity contribution in [3.8, 4) is 11.4 Å². The second-order valence-electron chi connectivity index (χ2n) is 6.97. The third-order valence-electron chi connectivity index (χ3n) is 5.03. The van der Waals surface area contributed by atoms with Gasteiger partial charge in [-0.3, -0.25) is 4.79 Å². The average Bonchev–Trinajstić information content (AvgIpc) is 3.18. The van der Waals surface area contributed by atoms with Crippen molar-refractivity contribution in [2.75, 3.05) is 13.1 Å². The topological polar surface area (TPSA) is 59.2 Å². The number of aromatic nitrogens is 2. The molecule has 1 saturated heterocycles. The van der Waals surface area contributed by atoms with Gasteiger partial charge in [0.1, 0.15) is 11.6 Å². The Morgan fingerprint density at radius 1 is 1.00 bits per heavy atom. The van der Waals surface area contributed by atoms with Crippen LogP contribution in [0.15, 0.2) is 53.1 Å². The van der Waals surface area contributed by atoms with E-state index in [1.54, 1.807) is 17.0 Å². The molecule has 0 bridgehead atoms. The normalized spacial score (nSPS) is 15.0. The van der Waals surface area contributed by atoms with Gasteiger partial charge in [-0.15, -0.1) is 0 Å². The Kier molecular flexibility index (Phi) is 5.14. The summed E-state index contributed by atoms with van der Waals surface area (Å²) in [6, 6.07) is 11.6. The summed E-state index contributed by atoms with van der Waals surface area (Å²) in [5.41, 5.74) is 1.21. The fraction of sp³-hybridized carbons (Fsp3) is 0.286. The lowest BCUT2D eigenvalue weighted by Gasteiger charge is -2.31. The number of hydrogen-bond acceptors (Lipinski definition) is 4. The summed E-state index contributed by atoms with van der Waals surface area (Å²) in [7, 11) is 0. The largest absolute Gasteiger partial charge is 0.339 e. The summed E-state index contributed by atoms with van der Waals surface area (Å²) >= 11 is 0. The highest BCUT2D eigenvalue weighted by Crippen LogP contribution is 2.24. The minimum absolute atomic E-state index is 0.0742. The van der Waals surface area contributed by atoms with Crippen LogP contribution in [0.3, 0.4) is 0 Å². The quantitative estimate of drug-likeness (QED) is 0.680. The van der Waals surface area contributed by atoms with Gasteiger partial charge in [-0.05, 0) is 67.3 Å². The monoisotopic (exact) mass is 383 g/mol. The van der Waals surface area contributed by atoms with Gasteiger partial charge in [0.2, 0.25) is 11.7 Å². The second kappa shape index (κ2) is 7.88. The number of amides is 1. The first kappa shape index (κ1) is 18.3. The summed E-state index contributed by atoms with van der Waals surface area (Å²) in [5.74, 6) is 0.597. The van der Waals surface area contributed by atoms with Crippen LogP contribution in [0.1, 0.15) is 29.1 Å². The fourth-order valence-corrected chi connectivity index (χ4v) is 3.42. The molecule has 1 amide bonds. The number of rotatable bonds is 4. The Hall–Kier alpha value is -3.09. The molecule has 0 aliphatic carbocycles. The number of carbonyl (C=O) groups excluding carboxylic acids is 1. The molecule has 0 saturated carbocycles. The molecule has 0 N–H and O–H groups in total. The Bertz CT molecular complexity index is 947. The first-order chi connectivity index (χ1) is 13.6. The summed E-state index contributed by atoms with van der Waals surface area (Å²) in [6.07, 6.45) is 2.31. The van der Waals surface area contributed by atoms with Crippen LogP contribution in [0, 0.1) is 17.6 Å². The predicted molar refractivity (Wildman–Crippen MR) is 98.4 cm³/mol. The summed E-state index contributed by atoms with van der Waals surface area (Å²) in [6.45, 7) is 1.28. The number of benzene rings is 2. The number of nitrogens with zero attached hydrogens (tertiary/aromatic N) is 3. The molecule has 1 aromatic heterocycles. The summed E-state index contributed by atoms with van der Waals surface area (Å²) in [4.78, 5) is 18.7. The minimum atomic E-state index is -0.352. The van der Waals surface area contributed by atoms with Crippen molar-refractivity contribution in [3.63, 3.8) is 0 Å². The van der Waals surface area contributed by atoms with E-state index in [1.807, 2.05) is 0 Å². The van der Waals surface area contributed by atoms with Crippen molar-refractivity contribution in [1.29, 1.82) is 0 Å². The van der Waals surface area contributed by atoms with E-state index in [4.69, 9.17) is 4.52 Å². The average molecular weight is 383 g/mol. The van der Waals surface area contributed by atoms with Gasteiger partial charge in [0, 0.05) is 30.6 Å². The number of carbonyl (C=O) groups is 1. The third kappa shape index (κ3) is 4.08. The first-order valence-corrected chi connectivity index (χ1v) is 9.22. The third-order valence-corrected chi connectivity index (χ3v) is 5.03. The number of halogens is 2. The second-order valence-corrected chi connectivity index (χ2v) is 6.97. The molecule has 4 rings (SSSR count). The van der Waals surface area contributed by atoms with E-state index in [1.165, 1.54) is 36.4 Å². The lowest BCUT2D eigenvalue weighted by Crippen LogP contribution is -2.38. The SMILES string of the molecule is O=C(c1ccc(F)cc1)N1CCC(Cc2nc(-c3ccc(F)cc3)no2)CC1. The molecule has 0 spiro atoms. The van der Waals surface area contributed by atoms with Gasteiger partial charge in [0.25, 0.3) is 5.91 Å². The highest BCUT2D eigenvalue weighted by Gasteiger charge is 2.25. The highest BCUT2D eigenvalue weighted by atomic mass is 19.1. The van der Waals surface area contributed by atoms with Crippen LogP contribution >= 0.6 is 0 Å². The van der Waals surface area contributed by atoms with Crippen LogP contribution in [-0.4, -0.2) is 34.0 Å². The van der Waals surface area contributed by atoms with Crippen LogP contribution < -0.4 is 0 Å². The zero-order valence-electron chi connectivity index (χ0n) is 15.1. The smallest absolute Gasteiger partial charge is 0.253 e. The maximum absolute atomic E-state index is 13.0. The van der Waals surface area contributed by atoms with Crippen molar-refractivity contribution in [2.45, 2.75) is 19.3 Å². The molecule has 3 aromatic rings. The Morgan fingerprint density at radius 3 is 2.25 bits per heavy atom. The van der Waals surface area contributed by atoms with E-state index in [9.17, 15) is 13.6 Å². The molecule has 0 unspecified atom stereocenters. The van der Waals surface area contributed by atoms with Crippen molar-refractivity contribution in [1.82, 2.24) is 15.0 Å². The zero-order valence-corrected chi connectivity index (χ0v) is 15.1. The molecule has 0 radical (unpaired) electrons. The van der Waals surface area contributed by atoms with Crippen LogP contribution in [0.2, 0.25) is 0 Å². The highest BCUT2D eigenvalue weighted by molar-refractivity contribution is 5.94. The minimum Gasteiger partial charge on any atom is -0.339 e. The van der Waals surface area contributed by atoms with Crippen LogP contribution in [0.5, 0.6) is 0 Å². The molecule has 28 heavy (non-hydrogen) atoms. The van der Waals surface area contributed by atoms with Gasteiger partial charge in [0.05, 0.1) is 0 Å². The first-order valence-electron chi connectivity index (χ1n) is 9.22. The maximum Gasteiger partial charge on any atom is 0.253 e. The van der Waals surface area contributed by atoms with E-state index in [0.29, 0.717) is 48.3 Å². The lowest BCUT2D eigenvalue weighted by molar-refractivity contribution is 0.0687. The maximum atomic E-state index is 13.0. The van der Waals surface area contributed by atoms with Gasteiger partial charge in [-0.1, -0.05) is 5.16 Å². The summed E-state index contributed by atoms with van der Waals surface area (Å²) < 4.78 is 31.4. The van der Waals surface area contributed by atoms with Gasteiger partial charge in [-0.2, -0.15) is 4.98 Å². The molecule has 144 valence electrons. The van der Waals surface area contributed by atoms with Crippen molar-refractivity contribution in [2.24, 2.45) is 5.92 Å². The van der Waals surface area contributed by atoms with Crippen molar-refractivity contribution < 1.29 is 18.1 Å². The fourth-order valence-electron chi connectivity index (χ4n) is 3.42. The molecular weight excluding hydrogens is 364 g/mol. The van der Waals surface area contributed by atoms with Crippen molar-refractivity contribution in [3.05, 3.63) is 71.6 Å². The molecule has 2 aromatic carbocycles. The van der Waals surface area contributed by atoms with E-state index in [0.717, 1.165) is 12.8 Å². The molecule has 5 nitrogen and oxygen atoms in total. The number of likely N-dealkylation sites (tertiary alicyclic amines) is 1. The van der Waals surface area contributed by atoms with Crippen molar-refractivity contribution >= 4 is 5.91 Å². The van der Waals surface area contributed by atoms with Crippen LogP contribution in [0.4, 0.5) is 8.78 Å². The predicted octanol–water partition coefficient (Wildman–Crippen LogP) is 4.11. The lowest BCUT2D eigenvalue weighted by atomic mass is 9.93. The van der Waals surface area contributed by atoms with Gasteiger partial charge in [-0.25, -0.2) is 8.78 Å². The standard InChI is InChI=1S/C21H19F2N3O2/c22-17-5-1-15(2-6-17)20-24-19(28-25-20)13-14-9-11-26(12-10-14)21(27)16-3-7-18(23)8-4-16/h1-8,14H,9-13H2. The zero-order chi connectivity index (χ0) is 19.5. The number of hydrogen-bond donors (Lipinski definition) is 0. The summed E-state index contributed by atoms with van der Waals surface area (Å²) in [5, 5.41) is 3.97. The van der Waals surface area contributed by atoms with Crippen LogP contribution in [0.25, 0.3) is 11.4 Å². The van der Waals surface area contributed by atoms with Gasteiger partial charge < -0.3 is 9.42 Å². The Balaban J connectivity index is 1.33. The van der Waals surface area contributed by atoms with E-state index >= 15 is 0 Å². The van der Waals surface area contributed by atoms with E-state index in [-0.39, 0.29) is 17.5 Å². The number of piperidine rings is 1. The van der Waals surface area contributed by atoms with Crippen LogP contribution in [-0.2, 0) is 6.42 Å². The molecular formula is C21H19F2N3O2. The molecule has 2 heterocycles. The van der Waals surface area contributed by atoms with E-state index in [2.05, 4.69) is 10.1 Å². The Labute approximate surface area is 161 Å². The molecule has 0 atom stereocenters. The Morgan fingerprint density at radius 2 is 1.61 bits per heavy atom. The van der Waals surface area contributed by atoms with E-state index < -0.39 is 0 Å². The molecule has 1 aliphatic heterocycles. The van der Waals surface area contributed by atoms with Gasteiger partial charge >= 0.3 is 0 Å².